The summed E-state index contributed by atoms with van der Waals surface area (Å²) in [6, 6.07) is 3.05. The summed E-state index contributed by atoms with van der Waals surface area (Å²) >= 11 is 0. The molecule has 1 aromatic carbocycles. The number of aryl methyl sites for hydroxylation is 1. The second kappa shape index (κ2) is 10.5. The normalized spacial score (nSPS) is 18.4. The highest BCUT2D eigenvalue weighted by Gasteiger charge is 2.44. The predicted molar refractivity (Wildman–Crippen MR) is 123 cm³/mol. The van der Waals surface area contributed by atoms with Gasteiger partial charge in [0.1, 0.15) is 23.8 Å². The van der Waals surface area contributed by atoms with Gasteiger partial charge in [-0.1, -0.05) is 0 Å². The number of nitrogens with zero attached hydrogens (tertiary/aromatic N) is 3. The van der Waals surface area contributed by atoms with Crippen LogP contribution < -0.4 is 5.32 Å². The maximum Gasteiger partial charge on any atom is 0.436 e. The Kier molecular flexibility index (Phi) is 7.67. The van der Waals surface area contributed by atoms with Crippen LogP contribution in [-0.4, -0.2) is 47.4 Å². The van der Waals surface area contributed by atoms with Gasteiger partial charge in [-0.2, -0.15) is 17.5 Å². The van der Waals surface area contributed by atoms with Gasteiger partial charge in [0.05, 0.1) is 23.3 Å². The van der Waals surface area contributed by atoms with Crippen molar-refractivity contribution in [2.24, 2.45) is 0 Å². The first kappa shape index (κ1) is 28.4. The third kappa shape index (κ3) is 5.88. The monoisotopic (exact) mass is 576 g/mol. The molecule has 0 radical (unpaired) electrons. The highest BCUT2D eigenvalue weighted by atomic mass is 32.2. The summed E-state index contributed by atoms with van der Waals surface area (Å²) in [6.07, 6.45) is -5.83. The summed E-state index contributed by atoms with van der Waals surface area (Å²) in [6.45, 7) is 0.335. The molecule has 2 atom stereocenters. The molecule has 3 aromatic rings. The van der Waals surface area contributed by atoms with Crippen molar-refractivity contribution in [2.75, 3.05) is 6.54 Å². The minimum atomic E-state index is -5.05. The number of halogens is 7. The second-order valence-corrected chi connectivity index (χ2v) is 10.7. The molecule has 2 aromatic heterocycles. The molecule has 3 heterocycles. The number of sulfonamides is 1. The molecule has 208 valence electrons. The third-order valence-corrected chi connectivity index (χ3v) is 7.89. The average Bonchev–Trinajstić information content (AvgIpc) is 3.26. The fourth-order valence-electron chi connectivity index (χ4n) is 4.06. The van der Waals surface area contributed by atoms with Gasteiger partial charge in [-0.05, 0) is 42.8 Å². The molecule has 1 saturated heterocycles. The highest BCUT2D eigenvalue weighted by molar-refractivity contribution is 7.89. The smallest absolute Gasteiger partial charge is 0.349 e. The molecule has 0 bridgehead atoms. The van der Waals surface area contributed by atoms with Crippen molar-refractivity contribution in [3.8, 4) is 11.1 Å². The van der Waals surface area contributed by atoms with Gasteiger partial charge in [0.25, 0.3) is 0 Å². The van der Waals surface area contributed by atoms with Gasteiger partial charge in [0.15, 0.2) is 11.5 Å². The first-order valence-electron chi connectivity index (χ1n) is 11.3. The molecule has 1 aliphatic rings. The Bertz CT molecular complexity index is 1530. The fourth-order valence-corrected chi connectivity index (χ4v) is 5.77. The number of benzene rings is 1. The highest BCUT2D eigenvalue weighted by Crippen LogP contribution is 2.32. The fraction of sp³-hybridized carbons (Fsp3) is 0.292. The number of hydrogen-bond donors (Lipinski definition) is 1. The van der Waals surface area contributed by atoms with Gasteiger partial charge in [0.2, 0.25) is 15.9 Å². The zero-order valence-electron chi connectivity index (χ0n) is 19.9. The van der Waals surface area contributed by atoms with Crippen molar-refractivity contribution in [3.05, 3.63) is 77.1 Å². The van der Waals surface area contributed by atoms with E-state index < -0.39 is 77.0 Å². The van der Waals surface area contributed by atoms with Gasteiger partial charge in [-0.15, -0.1) is 0 Å². The lowest BCUT2D eigenvalue weighted by Gasteiger charge is -2.23. The molecule has 2 unspecified atom stereocenters. The Morgan fingerprint density at radius 3 is 2.41 bits per heavy atom. The van der Waals surface area contributed by atoms with E-state index in [-0.39, 0.29) is 27.3 Å². The van der Waals surface area contributed by atoms with Gasteiger partial charge in [-0.3, -0.25) is 9.78 Å². The van der Waals surface area contributed by atoms with Crippen LogP contribution in [0.25, 0.3) is 11.1 Å². The van der Waals surface area contributed by atoms with E-state index in [0.29, 0.717) is 22.8 Å². The number of hydrogen-bond acceptors (Lipinski definition) is 5. The molecular formula is C24H19F7N4O3S. The standard InChI is InChI=1S/C24H19F7N4O3S/c1-12-4-16(2-3-18(12)26)39(37,38)35-11-14(25)6-21(35)23(36)34-9-15-7-17(20(28)10-32-15)13-5-19(27)22(33-8-13)24(29,30)31/h2-5,7-8,10,14,21H,6,9,11H2,1H3,(H,34,36). The lowest BCUT2D eigenvalue weighted by molar-refractivity contribution is -0.143. The number of rotatable bonds is 6. The van der Waals surface area contributed by atoms with Gasteiger partial charge < -0.3 is 5.32 Å². The van der Waals surface area contributed by atoms with Crippen molar-refractivity contribution < 1.29 is 43.9 Å². The molecule has 1 aliphatic heterocycles. The minimum absolute atomic E-state index is 0.0154. The first-order chi connectivity index (χ1) is 18.2. The summed E-state index contributed by atoms with van der Waals surface area (Å²) < 4.78 is 121. The molecule has 39 heavy (non-hydrogen) atoms. The average molecular weight is 576 g/mol. The number of aromatic nitrogens is 2. The van der Waals surface area contributed by atoms with E-state index in [9.17, 15) is 43.9 Å². The van der Waals surface area contributed by atoms with Crippen LogP contribution in [0.5, 0.6) is 0 Å². The predicted octanol–water partition coefficient (Wildman–Crippen LogP) is 4.31. The number of carbonyl (C=O) groups is 1. The second-order valence-electron chi connectivity index (χ2n) is 8.76. The molecule has 1 fully saturated rings. The van der Waals surface area contributed by atoms with Crippen LogP contribution >= 0.6 is 0 Å². The van der Waals surface area contributed by atoms with Crippen molar-refractivity contribution in [2.45, 2.75) is 43.2 Å². The van der Waals surface area contributed by atoms with Crippen molar-refractivity contribution >= 4 is 15.9 Å². The molecule has 7 nitrogen and oxygen atoms in total. The van der Waals surface area contributed by atoms with Crippen LogP contribution in [0.1, 0.15) is 23.4 Å². The minimum Gasteiger partial charge on any atom is -0.349 e. The lowest BCUT2D eigenvalue weighted by Crippen LogP contribution is -2.45. The van der Waals surface area contributed by atoms with Crippen LogP contribution in [0.3, 0.4) is 0 Å². The number of pyridine rings is 2. The largest absolute Gasteiger partial charge is 0.436 e. The van der Waals surface area contributed by atoms with Gasteiger partial charge >= 0.3 is 6.18 Å². The molecule has 0 spiro atoms. The first-order valence-corrected chi connectivity index (χ1v) is 12.7. The van der Waals surface area contributed by atoms with Crippen LogP contribution in [-0.2, 0) is 27.5 Å². The number of amides is 1. The van der Waals surface area contributed by atoms with Crippen molar-refractivity contribution in [3.63, 3.8) is 0 Å². The summed E-state index contributed by atoms with van der Waals surface area (Å²) in [5.41, 5.74) is -2.43. The quantitative estimate of drug-likeness (QED) is 0.442. The van der Waals surface area contributed by atoms with E-state index in [4.69, 9.17) is 0 Å². The van der Waals surface area contributed by atoms with Gasteiger partial charge in [0, 0.05) is 30.3 Å². The Labute approximate surface area is 217 Å². The number of carbonyl (C=O) groups excluding carboxylic acids is 1. The maximum atomic E-state index is 14.3. The van der Waals surface area contributed by atoms with Gasteiger partial charge in [-0.25, -0.2) is 31.0 Å². The summed E-state index contributed by atoms with van der Waals surface area (Å²) in [5, 5.41) is 2.38. The van der Waals surface area contributed by atoms with Crippen molar-refractivity contribution in [1.29, 1.82) is 0 Å². The van der Waals surface area contributed by atoms with Crippen LogP contribution in [0.15, 0.2) is 47.6 Å². The molecule has 4 rings (SSSR count). The molecule has 0 aliphatic carbocycles. The zero-order chi connectivity index (χ0) is 28.7. The van der Waals surface area contributed by atoms with Crippen molar-refractivity contribution in [1.82, 2.24) is 19.6 Å². The van der Waals surface area contributed by atoms with E-state index in [1.807, 2.05) is 0 Å². The third-order valence-electron chi connectivity index (χ3n) is 6.02. The Hall–Kier alpha value is -3.59. The zero-order valence-corrected chi connectivity index (χ0v) is 20.8. The lowest BCUT2D eigenvalue weighted by atomic mass is 10.1. The topological polar surface area (TPSA) is 92.3 Å². The Morgan fingerprint density at radius 2 is 1.77 bits per heavy atom. The number of alkyl halides is 4. The van der Waals surface area contributed by atoms with E-state index in [0.717, 1.165) is 24.3 Å². The van der Waals surface area contributed by atoms with Crippen LogP contribution in [0, 0.1) is 24.4 Å². The molecule has 15 heteroatoms. The molecule has 0 saturated carbocycles. The van der Waals surface area contributed by atoms with E-state index in [2.05, 4.69) is 15.3 Å². The SMILES string of the molecule is Cc1cc(S(=O)(=O)N2CC(F)CC2C(=O)NCc2cc(-c3cnc(C(F)(F)F)c(F)c3)c(F)cn2)ccc1F. The summed E-state index contributed by atoms with van der Waals surface area (Å²) in [4.78, 5) is 19.3. The molecule has 1 N–H and O–H groups in total. The molecule has 1 amide bonds. The maximum absolute atomic E-state index is 14.3. The van der Waals surface area contributed by atoms with E-state index >= 15 is 0 Å². The van der Waals surface area contributed by atoms with E-state index in [1.54, 1.807) is 0 Å². The number of nitrogens with one attached hydrogen (secondary N) is 1. The van der Waals surface area contributed by atoms with Crippen LogP contribution in [0.2, 0.25) is 0 Å². The summed E-state index contributed by atoms with van der Waals surface area (Å²) in [5.74, 6) is -4.26. The summed E-state index contributed by atoms with van der Waals surface area (Å²) in [7, 11) is -4.38. The molecular weight excluding hydrogens is 557 g/mol. The van der Waals surface area contributed by atoms with Crippen LogP contribution in [0.4, 0.5) is 30.7 Å². The Balaban J connectivity index is 1.53. The van der Waals surface area contributed by atoms with E-state index in [1.165, 1.54) is 6.92 Å². The Morgan fingerprint density at radius 1 is 1.05 bits per heavy atom.